The van der Waals surface area contributed by atoms with Crippen molar-refractivity contribution in [1.82, 2.24) is 9.97 Å². The Morgan fingerprint density at radius 2 is 2.05 bits per heavy atom. The first kappa shape index (κ1) is 13.4. The fourth-order valence-corrected chi connectivity index (χ4v) is 1.60. The molecule has 0 aliphatic rings. The molecule has 1 aromatic carbocycles. The van der Waals surface area contributed by atoms with Crippen LogP contribution in [0.2, 0.25) is 10.2 Å². The molecule has 6 nitrogen and oxygen atoms in total. The highest BCUT2D eigenvalue weighted by molar-refractivity contribution is 6.31. The second-order valence-electron chi connectivity index (χ2n) is 3.23. The Bertz CT molecular complexity index is 654. The highest BCUT2D eigenvalue weighted by atomic mass is 35.5. The van der Waals surface area contributed by atoms with Crippen LogP contribution in [0.4, 0.5) is 10.1 Å². The van der Waals surface area contributed by atoms with Crippen LogP contribution in [0.5, 0.6) is 11.6 Å². The van der Waals surface area contributed by atoms with Crippen molar-refractivity contribution in [3.8, 4) is 11.6 Å². The van der Waals surface area contributed by atoms with Gasteiger partial charge < -0.3 is 4.74 Å². The Balaban J connectivity index is 2.47. The third-order valence-corrected chi connectivity index (χ3v) is 2.62. The third kappa shape index (κ3) is 2.72. The number of ether oxygens (including phenoxy) is 1. The van der Waals surface area contributed by atoms with Crippen LogP contribution in [0, 0.1) is 15.9 Å². The van der Waals surface area contributed by atoms with E-state index in [0.29, 0.717) is 0 Å². The lowest BCUT2D eigenvalue weighted by Gasteiger charge is -2.06. The Kier molecular flexibility index (Phi) is 3.77. The lowest BCUT2D eigenvalue weighted by atomic mass is 10.3. The third-order valence-electron chi connectivity index (χ3n) is 2.05. The van der Waals surface area contributed by atoms with Crippen molar-refractivity contribution in [2.24, 2.45) is 0 Å². The van der Waals surface area contributed by atoms with Crippen LogP contribution >= 0.6 is 23.2 Å². The maximum Gasteiger partial charge on any atom is 0.368 e. The van der Waals surface area contributed by atoms with Gasteiger partial charge in [-0.15, -0.1) is 0 Å². The van der Waals surface area contributed by atoms with Gasteiger partial charge in [0.25, 0.3) is 0 Å². The van der Waals surface area contributed by atoms with Gasteiger partial charge in [-0.3, -0.25) is 10.1 Å². The van der Waals surface area contributed by atoms with E-state index in [0.717, 1.165) is 6.33 Å². The van der Waals surface area contributed by atoms with Crippen molar-refractivity contribution >= 4 is 28.9 Å². The summed E-state index contributed by atoms with van der Waals surface area (Å²) in [6.07, 6.45) is 0.965. The largest absolute Gasteiger partial charge is 0.430 e. The van der Waals surface area contributed by atoms with E-state index >= 15 is 0 Å². The van der Waals surface area contributed by atoms with E-state index < -0.39 is 27.5 Å². The summed E-state index contributed by atoms with van der Waals surface area (Å²) in [5.74, 6) is -1.62. The van der Waals surface area contributed by atoms with Crippen LogP contribution in [0.3, 0.4) is 0 Å². The van der Waals surface area contributed by atoms with Crippen molar-refractivity contribution in [1.29, 1.82) is 0 Å². The number of hydrogen-bond donors (Lipinski definition) is 0. The van der Waals surface area contributed by atoms with E-state index in [4.69, 9.17) is 27.9 Å². The predicted molar refractivity (Wildman–Crippen MR) is 65.2 cm³/mol. The number of hydrogen-bond acceptors (Lipinski definition) is 5. The summed E-state index contributed by atoms with van der Waals surface area (Å²) >= 11 is 11.1. The van der Waals surface area contributed by atoms with Crippen LogP contribution in [-0.4, -0.2) is 14.9 Å². The molecule has 0 fully saturated rings. The maximum absolute atomic E-state index is 13.6. The zero-order chi connectivity index (χ0) is 14.0. The molecule has 19 heavy (non-hydrogen) atoms. The van der Waals surface area contributed by atoms with Gasteiger partial charge in [-0.25, -0.2) is 9.37 Å². The molecule has 0 bridgehead atoms. The van der Waals surface area contributed by atoms with Gasteiger partial charge in [0.15, 0.2) is 11.6 Å². The molecule has 0 atom stereocenters. The van der Waals surface area contributed by atoms with Gasteiger partial charge in [0.2, 0.25) is 5.15 Å². The Hall–Kier alpha value is -1.99. The van der Waals surface area contributed by atoms with Crippen LogP contribution in [0.1, 0.15) is 0 Å². The minimum atomic E-state index is -0.854. The Morgan fingerprint density at radius 1 is 1.32 bits per heavy atom. The SMILES string of the molecule is O=[N+]([O-])c1c(Cl)ncnc1Oc1cccc(Cl)c1F. The number of nitro groups is 1. The van der Waals surface area contributed by atoms with Crippen LogP contribution in [-0.2, 0) is 0 Å². The summed E-state index contributed by atoms with van der Waals surface area (Å²) in [4.78, 5) is 17.0. The molecule has 1 heterocycles. The van der Waals surface area contributed by atoms with Gasteiger partial charge >= 0.3 is 11.6 Å². The van der Waals surface area contributed by atoms with E-state index in [9.17, 15) is 14.5 Å². The zero-order valence-corrected chi connectivity index (χ0v) is 10.5. The predicted octanol–water partition coefficient (Wildman–Crippen LogP) is 3.62. The molecule has 2 aromatic rings. The molecular weight excluding hydrogens is 300 g/mol. The first-order chi connectivity index (χ1) is 9.00. The Labute approximate surface area is 115 Å². The van der Waals surface area contributed by atoms with E-state index in [1.54, 1.807) is 0 Å². The second kappa shape index (κ2) is 5.33. The van der Waals surface area contributed by atoms with Crippen LogP contribution < -0.4 is 4.74 Å². The van der Waals surface area contributed by atoms with Gasteiger partial charge in [0.1, 0.15) is 6.33 Å². The zero-order valence-electron chi connectivity index (χ0n) is 9.01. The highest BCUT2D eigenvalue weighted by Gasteiger charge is 2.24. The van der Waals surface area contributed by atoms with Gasteiger partial charge in [-0.1, -0.05) is 29.3 Å². The summed E-state index contributed by atoms with van der Waals surface area (Å²) in [6.45, 7) is 0. The van der Waals surface area contributed by atoms with Gasteiger partial charge in [0, 0.05) is 0 Å². The molecule has 9 heteroatoms. The van der Waals surface area contributed by atoms with Crippen LogP contribution in [0.25, 0.3) is 0 Å². The standard InChI is InChI=1S/C10H4Cl2FN3O3/c11-5-2-1-3-6(7(5)13)19-10-8(16(17)18)9(12)14-4-15-10/h1-4H. The minimum absolute atomic E-state index is 0.180. The van der Waals surface area contributed by atoms with Crippen molar-refractivity contribution < 1.29 is 14.1 Å². The molecule has 0 aliphatic carbocycles. The van der Waals surface area contributed by atoms with Gasteiger partial charge in [0.05, 0.1) is 9.95 Å². The number of halogens is 3. The monoisotopic (exact) mass is 303 g/mol. The summed E-state index contributed by atoms with van der Waals surface area (Å²) in [5.41, 5.74) is -0.649. The maximum atomic E-state index is 13.6. The first-order valence-corrected chi connectivity index (χ1v) is 5.53. The molecule has 98 valence electrons. The quantitative estimate of drug-likeness (QED) is 0.491. The molecule has 0 saturated heterocycles. The number of nitrogens with zero attached hydrogens (tertiary/aromatic N) is 3. The van der Waals surface area contributed by atoms with Crippen molar-refractivity contribution in [2.45, 2.75) is 0 Å². The molecular formula is C10H4Cl2FN3O3. The van der Waals surface area contributed by atoms with Crippen molar-refractivity contribution in [2.75, 3.05) is 0 Å². The molecule has 0 saturated carbocycles. The van der Waals surface area contributed by atoms with E-state index in [1.165, 1.54) is 18.2 Å². The van der Waals surface area contributed by atoms with E-state index in [-0.39, 0.29) is 10.8 Å². The summed E-state index contributed by atoms with van der Waals surface area (Å²) < 4.78 is 18.6. The fourth-order valence-electron chi connectivity index (χ4n) is 1.24. The molecule has 0 unspecified atom stereocenters. The number of aromatic nitrogens is 2. The second-order valence-corrected chi connectivity index (χ2v) is 3.99. The lowest BCUT2D eigenvalue weighted by molar-refractivity contribution is -0.386. The molecule has 0 aliphatic heterocycles. The summed E-state index contributed by atoms with van der Waals surface area (Å²) in [7, 11) is 0. The van der Waals surface area contributed by atoms with E-state index in [2.05, 4.69) is 9.97 Å². The highest BCUT2D eigenvalue weighted by Crippen LogP contribution is 2.35. The number of benzene rings is 1. The smallest absolute Gasteiger partial charge is 0.368 e. The minimum Gasteiger partial charge on any atom is -0.430 e. The van der Waals surface area contributed by atoms with Gasteiger partial charge in [-0.05, 0) is 12.1 Å². The average Bonchev–Trinajstić information content (AvgIpc) is 2.34. The molecule has 0 spiro atoms. The summed E-state index contributed by atoms with van der Waals surface area (Å²) in [6, 6.07) is 3.99. The molecule has 0 radical (unpaired) electrons. The van der Waals surface area contributed by atoms with Gasteiger partial charge in [-0.2, -0.15) is 4.98 Å². The molecule has 0 N–H and O–H groups in total. The van der Waals surface area contributed by atoms with Crippen molar-refractivity contribution in [3.05, 3.63) is 50.6 Å². The lowest BCUT2D eigenvalue weighted by Crippen LogP contribution is -1.99. The molecule has 2 rings (SSSR count). The first-order valence-electron chi connectivity index (χ1n) is 4.77. The van der Waals surface area contributed by atoms with Crippen molar-refractivity contribution in [3.63, 3.8) is 0 Å². The average molecular weight is 304 g/mol. The molecule has 1 aromatic heterocycles. The topological polar surface area (TPSA) is 78.2 Å². The summed E-state index contributed by atoms with van der Waals surface area (Å²) in [5, 5.41) is 10.2. The fraction of sp³-hybridized carbons (Fsp3) is 0. The number of rotatable bonds is 3. The normalized spacial score (nSPS) is 10.3. The molecule has 0 amide bonds. The van der Waals surface area contributed by atoms with E-state index in [1.807, 2.05) is 0 Å². The van der Waals surface area contributed by atoms with Crippen LogP contribution in [0.15, 0.2) is 24.5 Å². The Morgan fingerprint density at radius 3 is 2.74 bits per heavy atom.